The molecule has 7 nitrogen and oxygen atoms in total. The Bertz CT molecular complexity index is 1210. The number of ether oxygens (including phenoxy) is 2. The highest BCUT2D eigenvalue weighted by Crippen LogP contribution is 2.32. The summed E-state index contributed by atoms with van der Waals surface area (Å²) in [6.07, 6.45) is 6.19. The fourth-order valence-corrected chi connectivity index (χ4v) is 5.79. The van der Waals surface area contributed by atoms with Crippen LogP contribution in [0.1, 0.15) is 57.1 Å². The maximum absolute atomic E-state index is 13.8. The van der Waals surface area contributed by atoms with Gasteiger partial charge in [0.25, 0.3) is 0 Å². The third kappa shape index (κ3) is 7.73. The van der Waals surface area contributed by atoms with Gasteiger partial charge < -0.3 is 20.1 Å². The number of amides is 1. The van der Waals surface area contributed by atoms with E-state index < -0.39 is 0 Å². The number of hydrogen-bond donors (Lipinski definition) is 2. The number of aryl methyl sites for hydroxylation is 1. The molecular formula is C33H46N4O3. The average Bonchev–Trinajstić information content (AvgIpc) is 2.99. The molecule has 40 heavy (non-hydrogen) atoms. The van der Waals surface area contributed by atoms with Gasteiger partial charge in [-0.05, 0) is 57.7 Å². The molecule has 0 spiro atoms. The monoisotopic (exact) mass is 546 g/mol. The maximum atomic E-state index is 13.8. The predicted molar refractivity (Wildman–Crippen MR) is 163 cm³/mol. The molecule has 1 atom stereocenters. The van der Waals surface area contributed by atoms with Gasteiger partial charge in [0.15, 0.2) is 11.5 Å². The molecule has 2 aromatic carbocycles. The Morgan fingerprint density at radius 1 is 1.05 bits per heavy atom. The molecule has 4 rings (SSSR count). The van der Waals surface area contributed by atoms with Gasteiger partial charge in [-0.1, -0.05) is 43.0 Å². The lowest BCUT2D eigenvalue weighted by Gasteiger charge is -2.30. The van der Waals surface area contributed by atoms with E-state index in [1.807, 2.05) is 25.1 Å². The Kier molecular flexibility index (Phi) is 10.8. The van der Waals surface area contributed by atoms with Crippen molar-refractivity contribution in [2.75, 3.05) is 46.9 Å². The first-order valence-corrected chi connectivity index (χ1v) is 14.7. The van der Waals surface area contributed by atoms with Crippen LogP contribution >= 0.6 is 0 Å². The number of benzene rings is 2. The average molecular weight is 547 g/mol. The molecule has 2 N–H and O–H groups in total. The number of rotatable bonds is 10. The molecule has 216 valence electrons. The van der Waals surface area contributed by atoms with Crippen LogP contribution in [0.15, 0.2) is 58.6 Å². The molecule has 1 heterocycles. The van der Waals surface area contributed by atoms with Gasteiger partial charge in [-0.25, -0.2) is 4.99 Å². The largest absolute Gasteiger partial charge is 0.493 e. The topological polar surface area (TPSA) is 75.2 Å². The van der Waals surface area contributed by atoms with Crippen LogP contribution in [-0.4, -0.2) is 69.5 Å². The van der Waals surface area contributed by atoms with E-state index in [1.165, 1.54) is 32.1 Å². The number of hydrogen-bond acceptors (Lipinski definition) is 6. The second-order valence-electron chi connectivity index (χ2n) is 11.2. The summed E-state index contributed by atoms with van der Waals surface area (Å²) in [4.78, 5) is 21.4. The summed E-state index contributed by atoms with van der Waals surface area (Å²) in [6, 6.07) is 14.2. The Labute approximate surface area is 240 Å². The molecule has 1 amide bonds. The second-order valence-corrected chi connectivity index (χ2v) is 11.2. The van der Waals surface area contributed by atoms with Crippen molar-refractivity contribution in [1.29, 1.82) is 0 Å². The van der Waals surface area contributed by atoms with E-state index in [4.69, 9.17) is 14.5 Å². The SMILES string of the molecule is COc1ccc(N=C(/C(CN2CCNCC2)=C(\C)C(=O)N[C@@H](C)C2CCCCC2)c2cccc(C)c2)cc1OC. The summed E-state index contributed by atoms with van der Waals surface area (Å²) in [5.41, 5.74) is 5.38. The van der Waals surface area contributed by atoms with E-state index in [0.29, 0.717) is 24.0 Å². The van der Waals surface area contributed by atoms with E-state index in [1.54, 1.807) is 14.2 Å². The number of carbonyl (C=O) groups excluding carboxylic acids is 1. The predicted octanol–water partition coefficient (Wildman–Crippen LogP) is 5.44. The van der Waals surface area contributed by atoms with Gasteiger partial charge in [0.2, 0.25) is 5.91 Å². The van der Waals surface area contributed by atoms with Gasteiger partial charge in [0.1, 0.15) is 0 Å². The highest BCUT2D eigenvalue weighted by Gasteiger charge is 2.25. The standard InChI is InChI=1S/C33H46N4O3/c1-23-10-9-13-27(20-23)32(36-28-14-15-30(39-4)31(21-28)40-5)29(22-37-18-16-34-17-19-37)24(2)33(38)35-25(3)26-11-7-6-8-12-26/h9-10,13-15,20-21,25-26,34H,6-8,11-12,16-19,22H2,1-5H3,(H,35,38)/b29-24+,36-32?/t25-/m0/s1. The smallest absolute Gasteiger partial charge is 0.247 e. The molecular weight excluding hydrogens is 500 g/mol. The van der Waals surface area contributed by atoms with Crippen molar-refractivity contribution >= 4 is 17.3 Å². The van der Waals surface area contributed by atoms with E-state index in [9.17, 15) is 4.79 Å². The molecule has 1 aliphatic carbocycles. The minimum absolute atomic E-state index is 0.00382. The van der Waals surface area contributed by atoms with Crippen LogP contribution in [-0.2, 0) is 4.79 Å². The first-order valence-electron chi connectivity index (χ1n) is 14.7. The molecule has 0 bridgehead atoms. The number of nitrogens with zero attached hydrogens (tertiary/aromatic N) is 2. The van der Waals surface area contributed by atoms with Gasteiger partial charge in [-0.3, -0.25) is 9.69 Å². The summed E-state index contributed by atoms with van der Waals surface area (Å²) in [5.74, 6) is 1.81. The van der Waals surface area contributed by atoms with E-state index in [-0.39, 0.29) is 11.9 Å². The molecule has 7 heteroatoms. The highest BCUT2D eigenvalue weighted by molar-refractivity contribution is 6.17. The molecule has 0 radical (unpaired) electrons. The van der Waals surface area contributed by atoms with Gasteiger partial charge in [-0.15, -0.1) is 0 Å². The molecule has 1 saturated heterocycles. The molecule has 2 aliphatic rings. The first-order chi connectivity index (χ1) is 19.4. The van der Waals surface area contributed by atoms with E-state index in [0.717, 1.165) is 59.9 Å². The second kappa shape index (κ2) is 14.5. The number of piperazine rings is 1. The molecule has 2 aromatic rings. The highest BCUT2D eigenvalue weighted by atomic mass is 16.5. The lowest BCUT2D eigenvalue weighted by atomic mass is 9.84. The summed E-state index contributed by atoms with van der Waals surface area (Å²) in [5, 5.41) is 6.80. The van der Waals surface area contributed by atoms with E-state index >= 15 is 0 Å². The molecule has 0 unspecified atom stereocenters. The number of carbonyl (C=O) groups is 1. The van der Waals surface area contributed by atoms with Gasteiger partial charge in [0.05, 0.1) is 25.6 Å². The van der Waals surface area contributed by atoms with Crippen molar-refractivity contribution in [2.45, 2.75) is 58.9 Å². The minimum Gasteiger partial charge on any atom is -0.493 e. The summed E-state index contributed by atoms with van der Waals surface area (Å²) in [6.45, 7) is 10.6. The number of methoxy groups -OCH3 is 2. The normalized spacial score (nSPS) is 18.6. The lowest BCUT2D eigenvalue weighted by molar-refractivity contribution is -0.118. The van der Waals surface area contributed by atoms with Gasteiger partial charge in [-0.2, -0.15) is 0 Å². The van der Waals surface area contributed by atoms with Crippen molar-refractivity contribution in [2.24, 2.45) is 10.9 Å². The summed E-state index contributed by atoms with van der Waals surface area (Å²) in [7, 11) is 3.26. The molecule has 1 aliphatic heterocycles. The molecule has 2 fully saturated rings. The van der Waals surface area contributed by atoms with Crippen LogP contribution in [0.25, 0.3) is 0 Å². The lowest BCUT2D eigenvalue weighted by Crippen LogP contribution is -2.45. The zero-order valence-corrected chi connectivity index (χ0v) is 24.9. The van der Waals surface area contributed by atoms with Crippen LogP contribution < -0.4 is 20.1 Å². The van der Waals surface area contributed by atoms with Crippen molar-refractivity contribution < 1.29 is 14.3 Å². The third-order valence-corrected chi connectivity index (χ3v) is 8.29. The van der Waals surface area contributed by atoms with Crippen LogP contribution in [0.5, 0.6) is 11.5 Å². The maximum Gasteiger partial charge on any atom is 0.247 e. The van der Waals surface area contributed by atoms with Crippen molar-refractivity contribution in [1.82, 2.24) is 15.5 Å². The quantitative estimate of drug-likeness (QED) is 0.307. The Balaban J connectivity index is 1.79. The van der Waals surface area contributed by atoms with Gasteiger partial charge in [0, 0.05) is 61.5 Å². The first kappa shape index (κ1) is 29.8. The minimum atomic E-state index is -0.00382. The van der Waals surface area contributed by atoms with E-state index in [2.05, 4.69) is 53.6 Å². The fraction of sp³-hybridized carbons (Fsp3) is 0.515. The fourth-order valence-electron chi connectivity index (χ4n) is 5.79. The molecule has 1 saturated carbocycles. The van der Waals surface area contributed by atoms with Crippen molar-refractivity contribution in [3.05, 3.63) is 64.7 Å². The Morgan fingerprint density at radius 3 is 2.45 bits per heavy atom. The summed E-state index contributed by atoms with van der Waals surface area (Å²) >= 11 is 0. The van der Waals surface area contributed by atoms with Crippen LogP contribution in [0.2, 0.25) is 0 Å². The Morgan fingerprint density at radius 2 is 1.77 bits per heavy atom. The Hall–Kier alpha value is -3.16. The zero-order valence-electron chi connectivity index (χ0n) is 24.9. The number of nitrogens with one attached hydrogen (secondary N) is 2. The number of aliphatic imine (C=N–C) groups is 1. The van der Waals surface area contributed by atoms with Crippen LogP contribution in [0.3, 0.4) is 0 Å². The van der Waals surface area contributed by atoms with Crippen LogP contribution in [0, 0.1) is 12.8 Å². The molecule has 0 aromatic heterocycles. The van der Waals surface area contributed by atoms with Crippen molar-refractivity contribution in [3.63, 3.8) is 0 Å². The third-order valence-electron chi connectivity index (χ3n) is 8.29. The summed E-state index contributed by atoms with van der Waals surface area (Å²) < 4.78 is 11.0. The van der Waals surface area contributed by atoms with Gasteiger partial charge >= 0.3 is 0 Å². The van der Waals surface area contributed by atoms with Crippen LogP contribution in [0.4, 0.5) is 5.69 Å². The van der Waals surface area contributed by atoms with Crippen molar-refractivity contribution in [3.8, 4) is 11.5 Å². The zero-order chi connectivity index (χ0) is 28.5.